The van der Waals surface area contributed by atoms with Crippen LogP contribution in [0.4, 0.5) is 0 Å². The molecule has 2 N–H and O–H groups in total. The molecular formula is C22H21BrN2O4. The van der Waals surface area contributed by atoms with E-state index in [1.807, 2.05) is 55.5 Å². The number of carbonyl (C=O) groups is 2. The number of hydrogen-bond donors (Lipinski definition) is 2. The molecule has 0 radical (unpaired) electrons. The largest absolute Gasteiger partial charge is 0.484 e. The number of rotatable bonds is 7. The number of carbonyl (C=O) groups excluding carboxylic acids is 2. The van der Waals surface area contributed by atoms with Crippen molar-refractivity contribution in [3.63, 3.8) is 0 Å². The third-order valence-electron chi connectivity index (χ3n) is 4.20. The summed E-state index contributed by atoms with van der Waals surface area (Å²) in [5.74, 6) is 0.207. The molecule has 0 aliphatic rings. The molecule has 7 heteroatoms. The monoisotopic (exact) mass is 456 g/mol. The van der Waals surface area contributed by atoms with E-state index in [0.717, 1.165) is 27.2 Å². The quantitative estimate of drug-likeness (QED) is 0.530. The molecule has 0 aliphatic heterocycles. The van der Waals surface area contributed by atoms with Crippen LogP contribution >= 0.6 is 15.9 Å². The highest BCUT2D eigenvalue weighted by atomic mass is 79.9. The van der Waals surface area contributed by atoms with Crippen LogP contribution in [-0.4, -0.2) is 25.0 Å². The first kappa shape index (κ1) is 20.7. The van der Waals surface area contributed by atoms with Crippen molar-refractivity contribution < 1.29 is 19.1 Å². The molecule has 3 rings (SSSR count). The maximum Gasteiger partial charge on any atom is 0.276 e. The highest BCUT2D eigenvalue weighted by molar-refractivity contribution is 9.10. The lowest BCUT2D eigenvalue weighted by atomic mass is 10.1. The van der Waals surface area contributed by atoms with E-state index in [4.69, 9.17) is 9.47 Å². The minimum absolute atomic E-state index is 0.204. The van der Waals surface area contributed by atoms with E-state index >= 15 is 0 Å². The number of amides is 2. The van der Waals surface area contributed by atoms with Crippen molar-refractivity contribution >= 4 is 38.5 Å². The smallest absolute Gasteiger partial charge is 0.276 e. The summed E-state index contributed by atoms with van der Waals surface area (Å²) in [6.07, 6.45) is 0.882. The summed E-state index contributed by atoms with van der Waals surface area (Å²) in [7, 11) is 0. The molecule has 3 aromatic carbocycles. The van der Waals surface area contributed by atoms with Crippen molar-refractivity contribution in [2.75, 3.05) is 13.2 Å². The van der Waals surface area contributed by atoms with Gasteiger partial charge < -0.3 is 9.47 Å². The first-order chi connectivity index (χ1) is 14.1. The Morgan fingerprint density at radius 3 is 2.38 bits per heavy atom. The number of halogens is 1. The Balaban J connectivity index is 1.44. The van der Waals surface area contributed by atoms with Crippen molar-refractivity contribution in [3.8, 4) is 11.5 Å². The number of benzene rings is 3. The molecular weight excluding hydrogens is 436 g/mol. The number of ether oxygens (including phenoxy) is 2. The van der Waals surface area contributed by atoms with Gasteiger partial charge >= 0.3 is 0 Å². The summed E-state index contributed by atoms with van der Waals surface area (Å²) in [5.41, 5.74) is 5.73. The number of aryl methyl sites for hydroxylation is 1. The molecule has 29 heavy (non-hydrogen) atoms. The second-order valence-corrected chi connectivity index (χ2v) is 7.07. The fraction of sp³-hybridized carbons (Fsp3) is 0.182. The van der Waals surface area contributed by atoms with Crippen LogP contribution in [0.1, 0.15) is 12.5 Å². The Morgan fingerprint density at radius 1 is 0.897 bits per heavy atom. The van der Waals surface area contributed by atoms with Crippen molar-refractivity contribution in [2.24, 2.45) is 0 Å². The predicted octanol–water partition coefficient (Wildman–Crippen LogP) is 3.77. The summed E-state index contributed by atoms with van der Waals surface area (Å²) < 4.78 is 11.8. The maximum absolute atomic E-state index is 11.9. The van der Waals surface area contributed by atoms with Gasteiger partial charge in [-0.3, -0.25) is 20.4 Å². The molecule has 0 bridgehead atoms. The predicted molar refractivity (Wildman–Crippen MR) is 115 cm³/mol. The lowest BCUT2D eigenvalue weighted by Crippen LogP contribution is -2.45. The molecule has 6 nitrogen and oxygen atoms in total. The minimum Gasteiger partial charge on any atom is -0.484 e. The third-order valence-corrected chi connectivity index (χ3v) is 5.02. The lowest BCUT2D eigenvalue weighted by molar-refractivity contribution is -0.131. The fourth-order valence-corrected chi connectivity index (χ4v) is 3.29. The van der Waals surface area contributed by atoms with Crippen molar-refractivity contribution in [1.82, 2.24) is 10.9 Å². The van der Waals surface area contributed by atoms with Gasteiger partial charge in [0.1, 0.15) is 11.5 Å². The van der Waals surface area contributed by atoms with Crippen LogP contribution in [-0.2, 0) is 16.0 Å². The van der Waals surface area contributed by atoms with E-state index < -0.39 is 11.8 Å². The van der Waals surface area contributed by atoms with E-state index in [1.165, 1.54) is 0 Å². The molecule has 0 saturated heterocycles. The molecule has 0 aromatic heterocycles. The van der Waals surface area contributed by atoms with Gasteiger partial charge in [0.2, 0.25) is 0 Å². The Kier molecular flexibility index (Phi) is 7.08. The normalized spacial score (nSPS) is 10.4. The van der Waals surface area contributed by atoms with Crippen LogP contribution in [0.5, 0.6) is 11.5 Å². The number of nitrogens with one attached hydrogen (secondary N) is 2. The fourth-order valence-electron chi connectivity index (χ4n) is 2.68. The molecule has 3 aromatic rings. The van der Waals surface area contributed by atoms with Gasteiger partial charge in [0.05, 0.1) is 4.47 Å². The van der Waals surface area contributed by atoms with Crippen LogP contribution in [0.3, 0.4) is 0 Å². The van der Waals surface area contributed by atoms with Crippen LogP contribution in [0.15, 0.2) is 65.1 Å². The van der Waals surface area contributed by atoms with Gasteiger partial charge in [-0.15, -0.1) is 0 Å². The first-order valence-corrected chi connectivity index (χ1v) is 9.95. The Hall–Kier alpha value is -3.06. The summed E-state index contributed by atoms with van der Waals surface area (Å²) >= 11 is 3.50. The third kappa shape index (κ3) is 5.71. The summed E-state index contributed by atoms with van der Waals surface area (Å²) in [5, 5.41) is 2.05. The first-order valence-electron chi connectivity index (χ1n) is 9.16. The average molecular weight is 457 g/mol. The second-order valence-electron chi connectivity index (χ2n) is 6.27. The van der Waals surface area contributed by atoms with Crippen molar-refractivity contribution in [2.45, 2.75) is 13.3 Å². The standard InChI is InChI=1S/C22H21BrN2O4/c1-2-15-6-5-8-17(12-15)28-13-20(26)24-25-21(27)14-29-19-11-10-16-7-3-4-9-18(16)22(19)23/h3-12H,2,13-14H2,1H3,(H,24,26)(H,25,27). The number of fused-ring (bicyclic) bond motifs is 1. The Labute approximate surface area is 177 Å². The Bertz CT molecular complexity index is 1020. The van der Waals surface area contributed by atoms with Crippen LogP contribution in [0, 0.1) is 0 Å². The van der Waals surface area contributed by atoms with E-state index in [-0.39, 0.29) is 13.2 Å². The molecule has 0 fully saturated rings. The zero-order valence-corrected chi connectivity index (χ0v) is 17.5. The number of hydrazine groups is 1. The molecule has 0 atom stereocenters. The van der Waals surface area contributed by atoms with E-state index in [9.17, 15) is 9.59 Å². The highest BCUT2D eigenvalue weighted by Crippen LogP contribution is 2.32. The molecule has 0 saturated carbocycles. The lowest BCUT2D eigenvalue weighted by Gasteiger charge is -2.12. The van der Waals surface area contributed by atoms with Gasteiger partial charge in [-0.05, 0) is 56.9 Å². The average Bonchev–Trinajstić information content (AvgIpc) is 2.76. The van der Waals surface area contributed by atoms with Gasteiger partial charge in [-0.2, -0.15) is 0 Å². The molecule has 2 amide bonds. The molecule has 0 unspecified atom stereocenters. The molecule has 0 spiro atoms. The highest BCUT2D eigenvalue weighted by Gasteiger charge is 2.10. The molecule has 150 valence electrons. The van der Waals surface area contributed by atoms with Gasteiger partial charge in [-0.25, -0.2) is 0 Å². The molecule has 0 heterocycles. The van der Waals surface area contributed by atoms with E-state index in [1.54, 1.807) is 12.1 Å². The number of hydrogen-bond acceptors (Lipinski definition) is 4. The van der Waals surface area contributed by atoms with Gasteiger partial charge in [-0.1, -0.05) is 49.4 Å². The topological polar surface area (TPSA) is 76.7 Å². The summed E-state index contributed by atoms with van der Waals surface area (Å²) in [6, 6.07) is 19.1. The second kappa shape index (κ2) is 9.93. The maximum atomic E-state index is 11.9. The van der Waals surface area contributed by atoms with E-state index in [0.29, 0.717) is 11.5 Å². The van der Waals surface area contributed by atoms with Crippen molar-refractivity contribution in [1.29, 1.82) is 0 Å². The summed E-state index contributed by atoms with van der Waals surface area (Å²) in [6.45, 7) is 1.60. The van der Waals surface area contributed by atoms with Crippen LogP contribution in [0.2, 0.25) is 0 Å². The zero-order valence-electron chi connectivity index (χ0n) is 15.9. The van der Waals surface area contributed by atoms with Gasteiger partial charge in [0.25, 0.3) is 11.8 Å². The minimum atomic E-state index is -0.480. The van der Waals surface area contributed by atoms with Crippen LogP contribution in [0.25, 0.3) is 10.8 Å². The zero-order chi connectivity index (χ0) is 20.6. The van der Waals surface area contributed by atoms with Gasteiger partial charge in [0, 0.05) is 0 Å². The van der Waals surface area contributed by atoms with Gasteiger partial charge in [0.15, 0.2) is 13.2 Å². The van der Waals surface area contributed by atoms with E-state index in [2.05, 4.69) is 26.8 Å². The summed E-state index contributed by atoms with van der Waals surface area (Å²) in [4.78, 5) is 23.8. The SMILES string of the molecule is CCc1cccc(OCC(=O)NNC(=O)COc2ccc3ccccc3c2Br)c1. The Morgan fingerprint density at radius 2 is 1.62 bits per heavy atom. The van der Waals surface area contributed by atoms with Crippen molar-refractivity contribution in [3.05, 3.63) is 70.7 Å². The molecule has 0 aliphatic carbocycles. The van der Waals surface area contributed by atoms with Crippen LogP contribution < -0.4 is 20.3 Å².